The van der Waals surface area contributed by atoms with Crippen LogP contribution in [0.4, 0.5) is 0 Å². The first-order chi connectivity index (χ1) is 11.2. The van der Waals surface area contributed by atoms with Gasteiger partial charge in [-0.25, -0.2) is 0 Å². The van der Waals surface area contributed by atoms with E-state index in [1.165, 1.54) is 0 Å². The van der Waals surface area contributed by atoms with Gasteiger partial charge in [0.05, 0.1) is 17.1 Å². The van der Waals surface area contributed by atoms with Crippen LogP contribution >= 0.6 is 11.6 Å². The van der Waals surface area contributed by atoms with Gasteiger partial charge in [0.2, 0.25) is 0 Å². The van der Waals surface area contributed by atoms with E-state index >= 15 is 0 Å². The Morgan fingerprint density at radius 3 is 2.70 bits per heavy atom. The van der Waals surface area contributed by atoms with E-state index in [1.807, 2.05) is 47.0 Å². The predicted octanol–water partition coefficient (Wildman–Crippen LogP) is 3.58. The van der Waals surface area contributed by atoms with Crippen molar-refractivity contribution < 1.29 is 4.79 Å². The van der Waals surface area contributed by atoms with Crippen molar-refractivity contribution in [3.05, 3.63) is 58.7 Å². The second-order valence-corrected chi connectivity index (χ2v) is 5.95. The third kappa shape index (κ3) is 2.18. The van der Waals surface area contributed by atoms with Crippen LogP contribution in [0.5, 0.6) is 0 Å². The summed E-state index contributed by atoms with van der Waals surface area (Å²) in [4.78, 5) is 12.1. The Bertz CT molecular complexity index is 980. The smallest absolute Gasteiger partial charge is 0.268 e. The van der Waals surface area contributed by atoms with Crippen molar-refractivity contribution in [1.29, 1.82) is 5.26 Å². The Balaban J connectivity index is 2.07. The number of fused-ring (bicyclic) bond motifs is 3. The van der Waals surface area contributed by atoms with E-state index in [2.05, 4.69) is 11.4 Å². The van der Waals surface area contributed by atoms with Gasteiger partial charge in [-0.1, -0.05) is 23.7 Å². The molecule has 2 aromatic carbocycles. The van der Waals surface area contributed by atoms with Crippen molar-refractivity contribution in [2.75, 3.05) is 6.54 Å². The van der Waals surface area contributed by atoms with Crippen LogP contribution in [0.15, 0.2) is 42.5 Å². The van der Waals surface area contributed by atoms with E-state index in [1.54, 1.807) is 0 Å². The lowest BCUT2D eigenvalue weighted by molar-refractivity contribution is 0.0929. The van der Waals surface area contributed by atoms with Gasteiger partial charge in [0.15, 0.2) is 0 Å². The molecule has 0 atom stereocenters. The summed E-state index contributed by atoms with van der Waals surface area (Å²) in [7, 11) is 0. The number of nitriles is 1. The van der Waals surface area contributed by atoms with Gasteiger partial charge < -0.3 is 9.88 Å². The third-order valence-corrected chi connectivity index (χ3v) is 4.38. The molecule has 4 rings (SSSR count). The van der Waals surface area contributed by atoms with E-state index in [4.69, 9.17) is 11.6 Å². The van der Waals surface area contributed by atoms with Gasteiger partial charge in [-0.15, -0.1) is 0 Å². The first-order valence-electron chi connectivity index (χ1n) is 7.29. The van der Waals surface area contributed by atoms with Crippen molar-refractivity contribution >= 4 is 28.4 Å². The second-order valence-electron chi connectivity index (χ2n) is 5.52. The molecule has 0 unspecified atom stereocenters. The zero-order chi connectivity index (χ0) is 16.0. The SMILES string of the molecule is N#Cc1cc(-c2ccc(Cl)cc2)c2c(c1)cc1n2CCNC1=O. The van der Waals surface area contributed by atoms with Gasteiger partial charge in [-0.2, -0.15) is 5.26 Å². The molecular formula is C18H12ClN3O. The summed E-state index contributed by atoms with van der Waals surface area (Å²) in [6, 6.07) is 15.3. The van der Waals surface area contributed by atoms with Crippen LogP contribution in [0.3, 0.4) is 0 Å². The van der Waals surface area contributed by atoms with Crippen molar-refractivity contribution in [2.24, 2.45) is 0 Å². The van der Waals surface area contributed by atoms with Crippen molar-refractivity contribution in [3.8, 4) is 17.2 Å². The number of nitrogens with one attached hydrogen (secondary N) is 1. The van der Waals surface area contributed by atoms with Crippen molar-refractivity contribution in [3.63, 3.8) is 0 Å². The summed E-state index contributed by atoms with van der Waals surface area (Å²) >= 11 is 5.98. The van der Waals surface area contributed by atoms with Crippen LogP contribution in [-0.2, 0) is 6.54 Å². The fourth-order valence-corrected chi connectivity index (χ4v) is 3.25. The number of benzene rings is 2. The van der Waals surface area contributed by atoms with Crippen molar-refractivity contribution in [2.45, 2.75) is 6.54 Å². The van der Waals surface area contributed by atoms with Gasteiger partial charge in [-0.3, -0.25) is 4.79 Å². The molecule has 1 N–H and O–H groups in total. The van der Waals surface area contributed by atoms with Crippen molar-refractivity contribution in [1.82, 2.24) is 9.88 Å². The van der Waals surface area contributed by atoms with Crippen LogP contribution in [-0.4, -0.2) is 17.0 Å². The fourth-order valence-electron chi connectivity index (χ4n) is 3.12. The molecule has 1 aliphatic heterocycles. The van der Waals surface area contributed by atoms with Crippen LogP contribution in [0, 0.1) is 11.3 Å². The molecule has 3 aromatic rings. The van der Waals surface area contributed by atoms with Crippen LogP contribution < -0.4 is 5.32 Å². The maximum Gasteiger partial charge on any atom is 0.268 e. The molecule has 0 saturated carbocycles. The number of carbonyl (C=O) groups is 1. The third-order valence-electron chi connectivity index (χ3n) is 4.13. The molecule has 0 fully saturated rings. The molecule has 0 saturated heterocycles. The number of carbonyl (C=O) groups excluding carboxylic acids is 1. The van der Waals surface area contributed by atoms with Gasteiger partial charge in [0, 0.05) is 29.1 Å². The van der Waals surface area contributed by atoms with E-state index in [0.29, 0.717) is 22.8 Å². The summed E-state index contributed by atoms with van der Waals surface area (Å²) in [6.07, 6.45) is 0. The van der Waals surface area contributed by atoms with E-state index in [9.17, 15) is 10.1 Å². The van der Waals surface area contributed by atoms with E-state index in [0.717, 1.165) is 28.6 Å². The maximum atomic E-state index is 12.1. The van der Waals surface area contributed by atoms with Crippen LogP contribution in [0.1, 0.15) is 16.1 Å². The zero-order valence-electron chi connectivity index (χ0n) is 12.1. The minimum absolute atomic E-state index is 0.0759. The molecule has 112 valence electrons. The Morgan fingerprint density at radius 1 is 1.17 bits per heavy atom. The van der Waals surface area contributed by atoms with Gasteiger partial charge >= 0.3 is 0 Å². The van der Waals surface area contributed by atoms with E-state index < -0.39 is 0 Å². The topological polar surface area (TPSA) is 57.8 Å². The molecule has 4 nitrogen and oxygen atoms in total. The average molecular weight is 322 g/mol. The largest absolute Gasteiger partial charge is 0.349 e. The molecule has 0 radical (unpaired) electrons. The summed E-state index contributed by atoms with van der Waals surface area (Å²) in [6.45, 7) is 1.33. The molecule has 1 amide bonds. The monoisotopic (exact) mass is 321 g/mol. The summed E-state index contributed by atoms with van der Waals surface area (Å²) in [5.41, 5.74) is 4.11. The number of hydrogen-bond donors (Lipinski definition) is 1. The summed E-state index contributed by atoms with van der Waals surface area (Å²) < 4.78 is 2.03. The molecule has 1 aliphatic rings. The molecule has 1 aromatic heterocycles. The Morgan fingerprint density at radius 2 is 1.96 bits per heavy atom. The lowest BCUT2D eigenvalue weighted by Crippen LogP contribution is -2.34. The number of rotatable bonds is 1. The van der Waals surface area contributed by atoms with E-state index in [-0.39, 0.29) is 5.91 Å². The molecule has 0 spiro atoms. The summed E-state index contributed by atoms with van der Waals surface area (Å²) in [5, 5.41) is 13.7. The number of nitrogens with zero attached hydrogens (tertiary/aromatic N) is 2. The highest BCUT2D eigenvalue weighted by Crippen LogP contribution is 2.33. The lowest BCUT2D eigenvalue weighted by Gasteiger charge is -2.18. The molecular weight excluding hydrogens is 310 g/mol. The van der Waals surface area contributed by atoms with Gasteiger partial charge in [0.1, 0.15) is 5.69 Å². The number of amides is 1. The minimum atomic E-state index is -0.0759. The minimum Gasteiger partial charge on any atom is -0.349 e. The first kappa shape index (κ1) is 13.9. The highest BCUT2D eigenvalue weighted by Gasteiger charge is 2.22. The normalized spacial score (nSPS) is 13.5. The van der Waals surface area contributed by atoms with Crippen LogP contribution in [0.25, 0.3) is 22.0 Å². The van der Waals surface area contributed by atoms with Gasteiger partial charge in [-0.05, 0) is 35.9 Å². The second kappa shape index (κ2) is 5.15. The molecule has 2 heterocycles. The highest BCUT2D eigenvalue weighted by molar-refractivity contribution is 6.30. The number of halogens is 1. The molecule has 5 heteroatoms. The lowest BCUT2D eigenvalue weighted by atomic mass is 10.0. The Labute approximate surface area is 137 Å². The standard InChI is InChI=1S/C18H12ClN3O/c19-14-3-1-12(2-4-14)15-8-11(10-20)7-13-9-16-18(23)21-5-6-22(16)17(13)15/h1-4,7-9H,5-6H2,(H,21,23). The predicted molar refractivity (Wildman–Crippen MR) is 89.4 cm³/mol. The highest BCUT2D eigenvalue weighted by atomic mass is 35.5. The average Bonchev–Trinajstić information content (AvgIpc) is 2.95. The summed E-state index contributed by atoms with van der Waals surface area (Å²) in [5.74, 6) is -0.0759. The molecule has 23 heavy (non-hydrogen) atoms. The number of aromatic nitrogens is 1. The first-order valence-corrected chi connectivity index (χ1v) is 7.67. The van der Waals surface area contributed by atoms with Gasteiger partial charge in [0.25, 0.3) is 5.91 Å². The Hall–Kier alpha value is -2.77. The molecule has 0 bridgehead atoms. The fraction of sp³-hybridized carbons (Fsp3) is 0.111. The zero-order valence-corrected chi connectivity index (χ0v) is 12.9. The molecule has 0 aliphatic carbocycles. The maximum absolute atomic E-state index is 12.1. The Kier molecular flexibility index (Phi) is 3.10. The van der Waals surface area contributed by atoms with Crippen LogP contribution in [0.2, 0.25) is 5.02 Å². The quantitative estimate of drug-likeness (QED) is 0.744. The number of hydrogen-bond acceptors (Lipinski definition) is 2.